The van der Waals surface area contributed by atoms with Gasteiger partial charge < -0.3 is 4.74 Å². The minimum atomic E-state index is -0.229. The Labute approximate surface area is 235 Å². The van der Waals surface area contributed by atoms with Gasteiger partial charge in [-0.25, -0.2) is 0 Å². The van der Waals surface area contributed by atoms with Gasteiger partial charge in [-0.1, -0.05) is 122 Å². The van der Waals surface area contributed by atoms with E-state index in [-0.39, 0.29) is 35.2 Å². The van der Waals surface area contributed by atoms with Crippen LogP contribution in [0.5, 0.6) is 0 Å². The Morgan fingerprint density at radius 2 is 1.45 bits per heavy atom. The normalized spacial score (nSPS) is 26.8. The van der Waals surface area contributed by atoms with E-state index in [1.165, 1.54) is 63.4 Å². The number of carbonyl (C=O) groups excluding carboxylic acids is 1. The molecule has 4 nitrogen and oxygen atoms in total. The molecule has 5 unspecified atom stereocenters. The van der Waals surface area contributed by atoms with Gasteiger partial charge in [-0.05, 0) is 45.6 Å². The fourth-order valence-electron chi connectivity index (χ4n) is 6.14. The van der Waals surface area contributed by atoms with Gasteiger partial charge in [0.1, 0.15) is 12.2 Å². The third-order valence-electron chi connectivity index (χ3n) is 9.41. The van der Waals surface area contributed by atoms with Gasteiger partial charge in [0.15, 0.2) is 0 Å². The summed E-state index contributed by atoms with van der Waals surface area (Å²) in [6, 6.07) is 10.4. The number of carbonyl (C=O) groups is 1. The molecule has 38 heavy (non-hydrogen) atoms. The summed E-state index contributed by atoms with van der Waals surface area (Å²) >= 11 is 0. The summed E-state index contributed by atoms with van der Waals surface area (Å²) in [5.41, 5.74) is 0.743. The number of ether oxygens (including phenoxy) is 1. The summed E-state index contributed by atoms with van der Waals surface area (Å²) in [4.78, 5) is 19.6. The van der Waals surface area contributed by atoms with E-state index in [9.17, 15) is 4.79 Å². The summed E-state index contributed by atoms with van der Waals surface area (Å²) in [6.45, 7) is 15.6. The van der Waals surface area contributed by atoms with Gasteiger partial charge in [0, 0.05) is 29.8 Å². The highest BCUT2D eigenvalue weighted by molar-refractivity contribution is 5.69. The monoisotopic (exact) mass is 529 g/mol. The smallest absolute Gasteiger partial charge is 0.306 e. The quantitative estimate of drug-likeness (QED) is 0.140. The number of hydrogen-bond acceptors (Lipinski definition) is 4. The predicted octanol–water partition coefficient (Wildman–Crippen LogP) is 9.97. The van der Waals surface area contributed by atoms with Crippen LogP contribution in [0, 0.1) is 5.92 Å². The maximum absolute atomic E-state index is 12.9. The molecule has 2 rings (SSSR count). The molecule has 0 N–H and O–H groups in total. The van der Waals surface area contributed by atoms with Crippen molar-refractivity contribution in [2.24, 2.45) is 5.92 Å². The second kappa shape index (κ2) is 16.7. The molecule has 1 aromatic carbocycles. The fraction of sp³-hybridized carbons (Fsp3) is 0.794. The topological polar surface area (TPSA) is 38.8 Å². The number of esters is 1. The minimum Gasteiger partial charge on any atom is -0.462 e. The van der Waals surface area contributed by atoms with Gasteiger partial charge in [0.05, 0.1) is 0 Å². The van der Waals surface area contributed by atoms with Crippen LogP contribution in [0.25, 0.3) is 0 Å². The van der Waals surface area contributed by atoms with Gasteiger partial charge in [-0.3, -0.25) is 9.63 Å². The van der Waals surface area contributed by atoms with E-state index in [1.54, 1.807) is 0 Å². The number of unbranched alkanes of at least 4 members (excludes halogenated alkanes) is 10. The lowest BCUT2D eigenvalue weighted by Gasteiger charge is -2.59. The number of benzene rings is 1. The van der Waals surface area contributed by atoms with E-state index in [0.29, 0.717) is 6.42 Å². The lowest BCUT2D eigenvalue weighted by atomic mass is 9.69. The molecule has 0 aromatic heterocycles. The number of hydrogen-bond donors (Lipinski definition) is 0. The van der Waals surface area contributed by atoms with Crippen LogP contribution >= 0.6 is 0 Å². The standard InChI is InChI=1S/C34H59NO3/c1-8-11-12-13-14-15-16-17-18-19-23-26-32(36)37-31-27-33(6,9-2)35(34(7,10-3)28(31)4)38-29(5)30-24-21-20-22-25-30/h20-22,24-25,28-29,31H,8-19,23,26-27H2,1-7H3. The van der Waals surface area contributed by atoms with Gasteiger partial charge >= 0.3 is 5.97 Å². The molecule has 1 heterocycles. The first-order valence-electron chi connectivity index (χ1n) is 15.9. The molecule has 0 aliphatic carbocycles. The Balaban J connectivity index is 1.85. The molecule has 0 radical (unpaired) electrons. The fourth-order valence-corrected chi connectivity index (χ4v) is 6.14. The molecule has 4 heteroatoms. The maximum Gasteiger partial charge on any atom is 0.306 e. The second-order valence-corrected chi connectivity index (χ2v) is 12.3. The summed E-state index contributed by atoms with van der Waals surface area (Å²) in [6.07, 6.45) is 17.2. The third kappa shape index (κ3) is 9.37. The first-order valence-corrected chi connectivity index (χ1v) is 15.9. The summed E-state index contributed by atoms with van der Waals surface area (Å²) in [5.74, 6) is 0.151. The van der Waals surface area contributed by atoms with E-state index < -0.39 is 0 Å². The highest BCUT2D eigenvalue weighted by Gasteiger charge is 2.55. The zero-order valence-corrected chi connectivity index (χ0v) is 25.9. The molecule has 1 aromatic rings. The van der Waals surface area contributed by atoms with Crippen molar-refractivity contribution in [1.82, 2.24) is 5.06 Å². The largest absolute Gasteiger partial charge is 0.462 e. The molecule has 0 amide bonds. The Morgan fingerprint density at radius 3 is 1.97 bits per heavy atom. The number of hydroxylamine groups is 2. The van der Waals surface area contributed by atoms with Crippen molar-refractivity contribution in [3.05, 3.63) is 35.9 Å². The zero-order chi connectivity index (χ0) is 28.0. The van der Waals surface area contributed by atoms with Crippen LogP contribution < -0.4 is 0 Å². The van der Waals surface area contributed by atoms with Crippen LogP contribution in [-0.2, 0) is 14.4 Å². The summed E-state index contributed by atoms with van der Waals surface area (Å²) in [7, 11) is 0. The van der Waals surface area contributed by atoms with E-state index in [2.05, 4.69) is 77.8 Å². The third-order valence-corrected chi connectivity index (χ3v) is 9.41. The van der Waals surface area contributed by atoms with Crippen LogP contribution in [0.1, 0.15) is 156 Å². The first kappa shape index (κ1) is 32.8. The number of piperidine rings is 1. The average molecular weight is 530 g/mol. The molecular weight excluding hydrogens is 470 g/mol. The first-order chi connectivity index (χ1) is 18.2. The van der Waals surface area contributed by atoms with E-state index >= 15 is 0 Å². The zero-order valence-electron chi connectivity index (χ0n) is 25.9. The highest BCUT2D eigenvalue weighted by atomic mass is 16.7. The molecule has 0 bridgehead atoms. The number of rotatable bonds is 18. The van der Waals surface area contributed by atoms with Crippen molar-refractivity contribution in [2.45, 2.75) is 168 Å². The van der Waals surface area contributed by atoms with E-state index in [0.717, 1.165) is 32.1 Å². The summed E-state index contributed by atoms with van der Waals surface area (Å²) < 4.78 is 6.21. The molecule has 1 aliphatic rings. The van der Waals surface area contributed by atoms with Crippen molar-refractivity contribution >= 4 is 5.97 Å². The van der Waals surface area contributed by atoms with E-state index in [1.807, 2.05) is 6.07 Å². The molecule has 1 aliphatic heterocycles. The van der Waals surface area contributed by atoms with Crippen molar-refractivity contribution in [3.8, 4) is 0 Å². The molecule has 1 saturated heterocycles. The van der Waals surface area contributed by atoms with Crippen LogP contribution in [0.4, 0.5) is 0 Å². The lowest BCUT2D eigenvalue weighted by Crippen LogP contribution is -2.68. The maximum atomic E-state index is 12.9. The SMILES string of the molecule is CCCCCCCCCCCCCC(=O)OC1CC(C)(CC)N(OC(C)c2ccccc2)C(C)(CC)C1C. The molecule has 0 spiro atoms. The highest BCUT2D eigenvalue weighted by Crippen LogP contribution is 2.48. The van der Waals surface area contributed by atoms with Gasteiger partial charge in [0.25, 0.3) is 0 Å². The Bertz CT molecular complexity index is 783. The van der Waals surface area contributed by atoms with Gasteiger partial charge in [0.2, 0.25) is 0 Å². The van der Waals surface area contributed by atoms with Crippen LogP contribution in [-0.4, -0.2) is 28.2 Å². The molecule has 0 saturated carbocycles. The predicted molar refractivity (Wildman–Crippen MR) is 160 cm³/mol. The van der Waals surface area contributed by atoms with Crippen LogP contribution in [0.2, 0.25) is 0 Å². The Morgan fingerprint density at radius 1 is 0.895 bits per heavy atom. The molecular formula is C34H59NO3. The van der Waals surface area contributed by atoms with Crippen molar-refractivity contribution in [2.75, 3.05) is 0 Å². The van der Waals surface area contributed by atoms with Crippen molar-refractivity contribution < 1.29 is 14.4 Å². The molecule has 5 atom stereocenters. The van der Waals surface area contributed by atoms with Crippen molar-refractivity contribution in [1.29, 1.82) is 0 Å². The van der Waals surface area contributed by atoms with E-state index in [4.69, 9.17) is 9.57 Å². The summed E-state index contributed by atoms with van der Waals surface area (Å²) in [5, 5.41) is 2.27. The number of nitrogens with zero attached hydrogens (tertiary/aromatic N) is 1. The van der Waals surface area contributed by atoms with Crippen LogP contribution in [0.3, 0.4) is 0 Å². The average Bonchev–Trinajstić information content (AvgIpc) is 2.93. The van der Waals surface area contributed by atoms with Crippen molar-refractivity contribution in [3.63, 3.8) is 0 Å². The van der Waals surface area contributed by atoms with Crippen LogP contribution in [0.15, 0.2) is 30.3 Å². The molecule has 218 valence electrons. The Kier molecular flexibility index (Phi) is 14.4. The second-order valence-electron chi connectivity index (χ2n) is 12.3. The lowest BCUT2D eigenvalue weighted by molar-refractivity contribution is -0.336. The minimum absolute atomic E-state index is 0.0262. The molecule has 1 fully saturated rings. The van der Waals surface area contributed by atoms with Gasteiger partial charge in [-0.2, -0.15) is 5.06 Å². The van der Waals surface area contributed by atoms with Gasteiger partial charge in [-0.15, -0.1) is 0 Å². The Hall–Kier alpha value is -1.39.